The number of hydrogen-bond acceptors (Lipinski definition) is 3. The van der Waals surface area contributed by atoms with Gasteiger partial charge in [0.25, 0.3) is 0 Å². The van der Waals surface area contributed by atoms with Crippen molar-refractivity contribution in [3.63, 3.8) is 0 Å². The molecule has 0 aliphatic rings. The summed E-state index contributed by atoms with van der Waals surface area (Å²) >= 11 is 5.05. The molecule has 0 fully saturated rings. The summed E-state index contributed by atoms with van der Waals surface area (Å²) < 4.78 is 0.435. The van der Waals surface area contributed by atoms with Gasteiger partial charge in [-0.15, -0.1) is 11.8 Å². The summed E-state index contributed by atoms with van der Waals surface area (Å²) in [5, 5.41) is 9.28. The lowest BCUT2D eigenvalue weighted by atomic mass is 9.84. The molecule has 138 valence electrons. The molecular weight excluding hydrogens is 422 g/mol. The zero-order valence-corrected chi connectivity index (χ0v) is 17.0. The van der Waals surface area contributed by atoms with E-state index < -0.39 is 16.8 Å². The fourth-order valence-electron chi connectivity index (χ4n) is 3.07. The third-order valence-corrected chi connectivity index (χ3v) is 6.60. The zero-order chi connectivity index (χ0) is 19.3. The number of hydrogen-bond donors (Lipinski definition) is 2. The summed E-state index contributed by atoms with van der Waals surface area (Å²) in [5.74, 6) is -0.705. The van der Waals surface area contributed by atoms with E-state index in [-0.39, 0.29) is 5.75 Å². The van der Waals surface area contributed by atoms with Crippen molar-refractivity contribution in [1.29, 1.82) is 0 Å². The minimum Gasteiger partial charge on any atom is -0.480 e. The zero-order valence-electron chi connectivity index (χ0n) is 14.6. The summed E-state index contributed by atoms with van der Waals surface area (Å²) in [4.78, 5) is 11.3. The van der Waals surface area contributed by atoms with Crippen molar-refractivity contribution in [2.75, 3.05) is 5.75 Å². The summed E-state index contributed by atoms with van der Waals surface area (Å²) in [5.41, 5.74) is 9.10. The molecule has 3 aromatic rings. The van der Waals surface area contributed by atoms with Crippen LogP contribution in [0.15, 0.2) is 89.4 Å². The maximum Gasteiger partial charge on any atom is 0.321 e. The van der Waals surface area contributed by atoms with Crippen molar-refractivity contribution in [2.45, 2.75) is 10.8 Å². The molecule has 3 N–H and O–H groups in total. The van der Waals surface area contributed by atoms with Crippen molar-refractivity contribution in [3.05, 3.63) is 106 Å². The van der Waals surface area contributed by atoms with Gasteiger partial charge in [-0.1, -0.05) is 88.7 Å². The molecule has 5 heteroatoms. The molecule has 3 aromatic carbocycles. The van der Waals surface area contributed by atoms with Crippen LogP contribution in [-0.4, -0.2) is 22.9 Å². The lowest BCUT2D eigenvalue weighted by Crippen LogP contribution is -2.36. The molecule has 0 unspecified atom stereocenters. The van der Waals surface area contributed by atoms with Crippen molar-refractivity contribution in [2.24, 2.45) is 5.73 Å². The Bertz CT molecular complexity index is 846. The molecule has 0 saturated heterocycles. The number of carbonyl (C=O) groups is 1. The molecule has 0 heterocycles. The molecule has 3 nitrogen and oxygen atoms in total. The molecule has 0 aromatic heterocycles. The van der Waals surface area contributed by atoms with Crippen LogP contribution in [0.1, 0.15) is 16.7 Å². The van der Waals surface area contributed by atoms with Gasteiger partial charge in [-0.25, -0.2) is 0 Å². The lowest BCUT2D eigenvalue weighted by molar-refractivity contribution is -0.137. The van der Waals surface area contributed by atoms with Crippen molar-refractivity contribution in [1.82, 2.24) is 0 Å². The molecule has 0 aliphatic heterocycles. The fourth-order valence-corrected chi connectivity index (χ4v) is 4.81. The fraction of sp³-hybridized carbons (Fsp3) is 0.136. The van der Waals surface area contributed by atoms with E-state index in [4.69, 9.17) is 5.73 Å². The third-order valence-electron chi connectivity index (χ3n) is 4.41. The van der Waals surface area contributed by atoms with E-state index in [1.54, 1.807) is 11.8 Å². The first-order chi connectivity index (χ1) is 13.0. The highest BCUT2D eigenvalue weighted by Crippen LogP contribution is 2.48. The number of carboxylic acid groups (broad SMARTS) is 1. The number of rotatable bonds is 7. The standard InChI is InChI=1S/C22H20BrNO2S/c23-19-13-11-18(12-14-19)22(16-7-3-1-4-8-16,17-9-5-2-6-10-17)27-15-20(24)21(25)26/h1-14,20H,15,24H2,(H,25,26)/t20-/m0/s1. The van der Waals surface area contributed by atoms with Gasteiger partial charge in [0, 0.05) is 10.2 Å². The van der Waals surface area contributed by atoms with Gasteiger partial charge in [-0.05, 0) is 28.8 Å². The minimum absolute atomic E-state index is 0.287. The van der Waals surface area contributed by atoms with Crippen LogP contribution in [0.3, 0.4) is 0 Å². The van der Waals surface area contributed by atoms with Gasteiger partial charge in [0.1, 0.15) is 6.04 Å². The number of aliphatic carboxylic acids is 1. The monoisotopic (exact) mass is 441 g/mol. The first kappa shape index (κ1) is 19.7. The number of benzene rings is 3. The van der Waals surface area contributed by atoms with E-state index in [2.05, 4.69) is 52.3 Å². The Labute approximate surface area is 171 Å². The van der Waals surface area contributed by atoms with E-state index in [1.807, 2.05) is 48.5 Å². The van der Waals surface area contributed by atoms with E-state index in [0.717, 1.165) is 21.2 Å². The second-order valence-electron chi connectivity index (χ2n) is 6.18. The number of thioether (sulfide) groups is 1. The summed E-state index contributed by atoms with van der Waals surface area (Å²) in [6.07, 6.45) is 0. The highest BCUT2D eigenvalue weighted by molar-refractivity contribution is 9.10. The van der Waals surface area contributed by atoms with E-state index in [1.165, 1.54) is 0 Å². The Morgan fingerprint density at radius 1 is 0.889 bits per heavy atom. The van der Waals surface area contributed by atoms with Crippen LogP contribution >= 0.6 is 27.7 Å². The summed E-state index contributed by atoms with van der Waals surface area (Å²) in [6, 6.07) is 27.5. The molecule has 0 amide bonds. The minimum atomic E-state index is -0.992. The highest BCUT2D eigenvalue weighted by Gasteiger charge is 2.37. The average molecular weight is 442 g/mol. The maximum absolute atomic E-state index is 11.3. The SMILES string of the molecule is N[C@@H](CSC(c1ccccc1)(c1ccccc1)c1ccc(Br)cc1)C(=O)O. The first-order valence-electron chi connectivity index (χ1n) is 8.53. The number of halogens is 1. The van der Waals surface area contributed by atoms with Gasteiger partial charge in [0.15, 0.2) is 0 Å². The predicted molar refractivity (Wildman–Crippen MR) is 115 cm³/mol. The molecule has 0 spiro atoms. The molecule has 1 atom stereocenters. The topological polar surface area (TPSA) is 63.3 Å². The van der Waals surface area contributed by atoms with Crippen LogP contribution in [0.5, 0.6) is 0 Å². The third kappa shape index (κ3) is 4.26. The second kappa shape index (κ2) is 8.74. The molecule has 3 rings (SSSR count). The van der Waals surface area contributed by atoms with Crippen LogP contribution in [0, 0.1) is 0 Å². The van der Waals surface area contributed by atoms with E-state index in [9.17, 15) is 9.90 Å². The Hall–Kier alpha value is -2.08. The largest absolute Gasteiger partial charge is 0.480 e. The smallest absolute Gasteiger partial charge is 0.321 e. The molecule has 0 saturated carbocycles. The van der Waals surface area contributed by atoms with Crippen molar-refractivity contribution >= 4 is 33.7 Å². The van der Waals surface area contributed by atoms with Gasteiger partial charge in [-0.3, -0.25) is 4.79 Å². The normalized spacial score (nSPS) is 12.5. The number of carboxylic acids is 1. The average Bonchev–Trinajstić information content (AvgIpc) is 2.71. The Kier molecular flexibility index (Phi) is 6.37. The van der Waals surface area contributed by atoms with Crippen molar-refractivity contribution in [3.8, 4) is 0 Å². The van der Waals surface area contributed by atoms with Gasteiger partial charge < -0.3 is 10.8 Å². The van der Waals surface area contributed by atoms with Crippen LogP contribution < -0.4 is 5.73 Å². The second-order valence-corrected chi connectivity index (χ2v) is 8.33. The first-order valence-corrected chi connectivity index (χ1v) is 10.3. The Morgan fingerprint density at radius 2 is 1.33 bits per heavy atom. The summed E-state index contributed by atoms with van der Waals surface area (Å²) in [7, 11) is 0. The van der Waals surface area contributed by atoms with Gasteiger partial charge >= 0.3 is 5.97 Å². The van der Waals surface area contributed by atoms with Crippen molar-refractivity contribution < 1.29 is 9.90 Å². The van der Waals surface area contributed by atoms with Crippen LogP contribution in [0.25, 0.3) is 0 Å². The summed E-state index contributed by atoms with van der Waals surface area (Å²) in [6.45, 7) is 0. The predicted octanol–water partition coefficient (Wildman–Crippen LogP) is 4.89. The molecule has 0 aliphatic carbocycles. The van der Waals surface area contributed by atoms with Gasteiger partial charge in [0.2, 0.25) is 0 Å². The highest BCUT2D eigenvalue weighted by atomic mass is 79.9. The molecule has 27 heavy (non-hydrogen) atoms. The maximum atomic E-state index is 11.3. The quantitative estimate of drug-likeness (QED) is 0.512. The molecule has 0 radical (unpaired) electrons. The van der Waals surface area contributed by atoms with Gasteiger partial charge in [-0.2, -0.15) is 0 Å². The number of nitrogens with two attached hydrogens (primary N) is 1. The lowest BCUT2D eigenvalue weighted by Gasteiger charge is -2.36. The Balaban J connectivity index is 2.21. The van der Waals surface area contributed by atoms with Crippen LogP contribution in [-0.2, 0) is 9.54 Å². The molecular formula is C22H20BrNO2S. The Morgan fingerprint density at radius 3 is 1.78 bits per heavy atom. The van der Waals surface area contributed by atoms with Gasteiger partial charge in [0.05, 0.1) is 4.75 Å². The molecule has 0 bridgehead atoms. The van der Waals surface area contributed by atoms with Crippen LogP contribution in [0.4, 0.5) is 0 Å². The van der Waals surface area contributed by atoms with E-state index >= 15 is 0 Å². The van der Waals surface area contributed by atoms with Crippen LogP contribution in [0.2, 0.25) is 0 Å². The van der Waals surface area contributed by atoms with E-state index in [0.29, 0.717) is 0 Å².